The van der Waals surface area contributed by atoms with Crippen molar-refractivity contribution in [3.63, 3.8) is 0 Å². The molecule has 26 heavy (non-hydrogen) atoms. The van der Waals surface area contributed by atoms with Crippen LogP contribution in [0.1, 0.15) is 19.4 Å². The van der Waals surface area contributed by atoms with E-state index in [-0.39, 0.29) is 11.7 Å². The van der Waals surface area contributed by atoms with E-state index < -0.39 is 17.6 Å². The normalized spacial score (nSPS) is 14.4. The molecule has 0 aliphatic carbocycles. The molecule has 0 saturated heterocycles. The standard InChI is InChI=1S/C20H19NO5/c1-12(2)26-14-10-8-13(9-11-14)21-19(23)17(18(22)20(21)24)15-6-4-5-7-16(15)25-3/h4-12,22H,1-3H3. The number of carbonyl (C=O) groups excluding carboxylic acids is 2. The summed E-state index contributed by atoms with van der Waals surface area (Å²) >= 11 is 0. The summed E-state index contributed by atoms with van der Waals surface area (Å²) in [4.78, 5) is 26.3. The minimum atomic E-state index is -0.770. The molecular weight excluding hydrogens is 334 g/mol. The van der Waals surface area contributed by atoms with Gasteiger partial charge in [-0.3, -0.25) is 9.59 Å². The molecule has 3 rings (SSSR count). The van der Waals surface area contributed by atoms with E-state index in [2.05, 4.69) is 0 Å². The molecule has 6 nitrogen and oxygen atoms in total. The quantitative estimate of drug-likeness (QED) is 0.835. The lowest BCUT2D eigenvalue weighted by Crippen LogP contribution is -2.31. The molecule has 0 aromatic heterocycles. The average Bonchev–Trinajstić information content (AvgIpc) is 2.84. The molecular formula is C20H19NO5. The Morgan fingerprint density at radius 2 is 1.62 bits per heavy atom. The summed E-state index contributed by atoms with van der Waals surface area (Å²) in [5.74, 6) is -0.937. The summed E-state index contributed by atoms with van der Waals surface area (Å²) in [6.45, 7) is 3.81. The van der Waals surface area contributed by atoms with Gasteiger partial charge in [0.1, 0.15) is 11.5 Å². The molecule has 6 heteroatoms. The lowest BCUT2D eigenvalue weighted by atomic mass is 10.0. The molecule has 2 aromatic rings. The second kappa shape index (κ2) is 6.92. The van der Waals surface area contributed by atoms with Crippen LogP contribution in [-0.4, -0.2) is 30.1 Å². The first-order valence-electron chi connectivity index (χ1n) is 8.16. The molecule has 1 aliphatic heterocycles. The third-order valence-corrected chi connectivity index (χ3v) is 3.90. The molecule has 2 amide bonds. The second-order valence-electron chi connectivity index (χ2n) is 6.03. The van der Waals surface area contributed by atoms with Gasteiger partial charge in [-0.05, 0) is 44.2 Å². The maximum absolute atomic E-state index is 12.9. The van der Waals surface area contributed by atoms with Crippen molar-refractivity contribution in [2.45, 2.75) is 20.0 Å². The first-order chi connectivity index (χ1) is 12.4. The van der Waals surface area contributed by atoms with Crippen LogP contribution in [-0.2, 0) is 9.59 Å². The molecule has 0 bridgehead atoms. The van der Waals surface area contributed by atoms with Crippen LogP contribution in [0.2, 0.25) is 0 Å². The summed E-state index contributed by atoms with van der Waals surface area (Å²) in [6.07, 6.45) is 0.0127. The van der Waals surface area contributed by atoms with E-state index in [1.807, 2.05) is 13.8 Å². The van der Waals surface area contributed by atoms with Crippen molar-refractivity contribution in [1.82, 2.24) is 0 Å². The van der Waals surface area contributed by atoms with Gasteiger partial charge in [0.2, 0.25) is 0 Å². The molecule has 134 valence electrons. The van der Waals surface area contributed by atoms with Crippen LogP contribution < -0.4 is 14.4 Å². The minimum Gasteiger partial charge on any atom is -0.502 e. The number of para-hydroxylation sites is 1. The van der Waals surface area contributed by atoms with Gasteiger partial charge < -0.3 is 14.6 Å². The van der Waals surface area contributed by atoms with Crippen LogP contribution in [0.5, 0.6) is 11.5 Å². The zero-order valence-corrected chi connectivity index (χ0v) is 14.7. The number of aliphatic hydroxyl groups is 1. The third kappa shape index (κ3) is 3.01. The van der Waals surface area contributed by atoms with Crippen molar-refractivity contribution in [3.05, 3.63) is 59.9 Å². The first kappa shape index (κ1) is 17.5. The number of nitrogens with zero attached hydrogens (tertiary/aromatic N) is 1. The van der Waals surface area contributed by atoms with E-state index >= 15 is 0 Å². The molecule has 1 N–H and O–H groups in total. The van der Waals surface area contributed by atoms with Crippen molar-refractivity contribution in [2.24, 2.45) is 0 Å². The Morgan fingerprint density at radius 1 is 0.962 bits per heavy atom. The fourth-order valence-corrected chi connectivity index (χ4v) is 2.79. The first-order valence-corrected chi connectivity index (χ1v) is 8.16. The van der Waals surface area contributed by atoms with Crippen LogP contribution in [0.25, 0.3) is 5.57 Å². The Hall–Kier alpha value is -3.28. The summed E-state index contributed by atoms with van der Waals surface area (Å²) in [5.41, 5.74) is 0.649. The number of amides is 2. The van der Waals surface area contributed by atoms with E-state index in [9.17, 15) is 14.7 Å². The van der Waals surface area contributed by atoms with Crippen LogP contribution in [0.3, 0.4) is 0 Å². The highest BCUT2D eigenvalue weighted by Gasteiger charge is 2.41. The van der Waals surface area contributed by atoms with Crippen LogP contribution in [0.15, 0.2) is 54.3 Å². The van der Waals surface area contributed by atoms with Crippen LogP contribution >= 0.6 is 0 Å². The molecule has 1 aliphatic rings. The SMILES string of the molecule is COc1ccccc1C1=C(O)C(=O)N(c2ccc(OC(C)C)cc2)C1=O. The smallest absolute Gasteiger partial charge is 0.301 e. The molecule has 0 unspecified atom stereocenters. The molecule has 0 atom stereocenters. The van der Waals surface area contributed by atoms with Crippen LogP contribution in [0.4, 0.5) is 5.69 Å². The van der Waals surface area contributed by atoms with Crippen molar-refractivity contribution in [3.8, 4) is 11.5 Å². The molecule has 2 aromatic carbocycles. The predicted octanol–water partition coefficient (Wildman–Crippen LogP) is 3.32. The van der Waals surface area contributed by atoms with Gasteiger partial charge >= 0.3 is 5.91 Å². The number of hydrogen-bond donors (Lipinski definition) is 1. The Morgan fingerprint density at radius 3 is 2.23 bits per heavy atom. The van der Waals surface area contributed by atoms with E-state index in [1.54, 1.807) is 48.5 Å². The van der Waals surface area contributed by atoms with Gasteiger partial charge in [-0.15, -0.1) is 0 Å². The third-order valence-electron chi connectivity index (χ3n) is 3.90. The monoisotopic (exact) mass is 353 g/mol. The Bertz CT molecular complexity index is 883. The Balaban J connectivity index is 1.96. The van der Waals surface area contributed by atoms with Gasteiger partial charge in [0.15, 0.2) is 5.76 Å². The maximum atomic E-state index is 12.9. The van der Waals surface area contributed by atoms with E-state index in [0.717, 1.165) is 4.90 Å². The van der Waals surface area contributed by atoms with Crippen molar-refractivity contribution in [2.75, 3.05) is 12.0 Å². The fourth-order valence-electron chi connectivity index (χ4n) is 2.79. The molecule has 1 heterocycles. The highest BCUT2D eigenvalue weighted by molar-refractivity contribution is 6.45. The highest BCUT2D eigenvalue weighted by Crippen LogP contribution is 2.36. The zero-order valence-electron chi connectivity index (χ0n) is 14.7. The molecule has 0 radical (unpaired) electrons. The Kier molecular flexibility index (Phi) is 4.67. The minimum absolute atomic E-state index is 0.0127. The van der Waals surface area contributed by atoms with Crippen LogP contribution in [0, 0.1) is 0 Å². The Labute approximate surface area is 151 Å². The molecule has 0 saturated carbocycles. The van der Waals surface area contributed by atoms with E-state index in [1.165, 1.54) is 7.11 Å². The fraction of sp³-hybridized carbons (Fsp3) is 0.200. The van der Waals surface area contributed by atoms with Gasteiger partial charge in [-0.1, -0.05) is 18.2 Å². The molecule has 0 spiro atoms. The number of anilines is 1. The van der Waals surface area contributed by atoms with Gasteiger partial charge in [0, 0.05) is 5.56 Å². The summed E-state index contributed by atoms with van der Waals surface area (Å²) in [6, 6.07) is 13.3. The number of hydrogen-bond acceptors (Lipinski definition) is 5. The van der Waals surface area contributed by atoms with Gasteiger partial charge in [-0.2, -0.15) is 0 Å². The number of methoxy groups -OCH3 is 1. The average molecular weight is 353 g/mol. The number of carbonyl (C=O) groups is 2. The van der Waals surface area contributed by atoms with Crippen molar-refractivity contribution >= 4 is 23.1 Å². The van der Waals surface area contributed by atoms with Gasteiger partial charge in [-0.25, -0.2) is 4.90 Å². The second-order valence-corrected chi connectivity index (χ2v) is 6.03. The molecule has 0 fully saturated rings. The zero-order chi connectivity index (χ0) is 18.8. The number of rotatable bonds is 5. The lowest BCUT2D eigenvalue weighted by Gasteiger charge is -2.16. The van der Waals surface area contributed by atoms with E-state index in [4.69, 9.17) is 9.47 Å². The maximum Gasteiger partial charge on any atom is 0.301 e. The lowest BCUT2D eigenvalue weighted by molar-refractivity contribution is -0.121. The van der Waals surface area contributed by atoms with E-state index in [0.29, 0.717) is 22.7 Å². The predicted molar refractivity (Wildman–Crippen MR) is 97.2 cm³/mol. The topological polar surface area (TPSA) is 76.1 Å². The summed E-state index contributed by atoms with van der Waals surface area (Å²) in [7, 11) is 1.46. The highest BCUT2D eigenvalue weighted by atomic mass is 16.5. The van der Waals surface area contributed by atoms with Gasteiger partial charge in [0.05, 0.1) is 24.5 Å². The van der Waals surface area contributed by atoms with Gasteiger partial charge in [0.25, 0.3) is 5.91 Å². The number of benzene rings is 2. The van der Waals surface area contributed by atoms with Crippen molar-refractivity contribution < 1.29 is 24.2 Å². The van der Waals surface area contributed by atoms with Crippen molar-refractivity contribution in [1.29, 1.82) is 0 Å². The largest absolute Gasteiger partial charge is 0.502 e. The number of imide groups is 1. The summed E-state index contributed by atoms with van der Waals surface area (Å²) < 4.78 is 10.8. The summed E-state index contributed by atoms with van der Waals surface area (Å²) in [5, 5.41) is 10.3. The number of ether oxygens (including phenoxy) is 2. The number of aliphatic hydroxyl groups excluding tert-OH is 1.